The summed E-state index contributed by atoms with van der Waals surface area (Å²) in [6.45, 7) is 0.501. The molecule has 2 aromatic rings. The summed E-state index contributed by atoms with van der Waals surface area (Å²) in [6, 6.07) is 7.59. The number of nitrogens with two attached hydrogens (primary N) is 2. The number of methoxy groups -OCH3 is 1. The fourth-order valence-corrected chi connectivity index (χ4v) is 2.27. The minimum Gasteiger partial charge on any atom is -0.497 e. The molecule has 3 rings (SSSR count). The molecule has 1 atom stereocenters. The normalized spacial score (nSPS) is 16.5. The van der Waals surface area contributed by atoms with Crippen molar-refractivity contribution in [1.82, 2.24) is 9.97 Å². The number of nitrogens with zero attached hydrogens (tertiary/aromatic N) is 2. The van der Waals surface area contributed by atoms with E-state index in [1.807, 2.05) is 24.3 Å². The lowest BCUT2D eigenvalue weighted by molar-refractivity contribution is 0.414. The van der Waals surface area contributed by atoms with E-state index in [1.165, 1.54) is 0 Å². The highest BCUT2D eigenvalue weighted by Crippen LogP contribution is 2.29. The first-order valence-electron chi connectivity index (χ1n) is 6.40. The number of nitrogen functional groups attached to an aromatic ring is 1. The monoisotopic (exact) mass is 288 g/mol. The van der Waals surface area contributed by atoms with Gasteiger partial charge in [0, 0.05) is 6.54 Å². The second kappa shape index (κ2) is 4.98. The molecule has 0 saturated carbocycles. The van der Waals surface area contributed by atoms with E-state index in [0.29, 0.717) is 18.1 Å². The van der Waals surface area contributed by atoms with E-state index in [-0.39, 0.29) is 11.5 Å². The van der Waals surface area contributed by atoms with Crippen molar-refractivity contribution in [3.05, 3.63) is 40.2 Å². The zero-order chi connectivity index (χ0) is 15.0. The third-order valence-electron chi connectivity index (χ3n) is 3.33. The zero-order valence-electron chi connectivity index (χ0n) is 11.5. The molecule has 1 aromatic carbocycles. The van der Waals surface area contributed by atoms with Crippen LogP contribution in [0.1, 0.15) is 5.56 Å². The Morgan fingerprint density at radius 3 is 2.76 bits per heavy atom. The second-order valence-electron chi connectivity index (χ2n) is 4.71. The van der Waals surface area contributed by atoms with Gasteiger partial charge in [0.2, 0.25) is 5.95 Å². The molecule has 6 N–H and O–H groups in total. The van der Waals surface area contributed by atoms with Crippen LogP contribution in [-0.2, 0) is 6.54 Å². The highest BCUT2D eigenvalue weighted by atomic mass is 16.5. The molecule has 0 bridgehead atoms. The molecule has 8 nitrogen and oxygen atoms in total. The molecule has 0 saturated heterocycles. The number of hydrogen-bond acceptors (Lipinski definition) is 7. The number of rotatable bonds is 3. The Labute approximate surface area is 120 Å². The summed E-state index contributed by atoms with van der Waals surface area (Å²) in [7, 11) is 1.62. The minimum atomic E-state index is -0.530. The van der Waals surface area contributed by atoms with Gasteiger partial charge in [0.05, 0.1) is 7.11 Å². The molecule has 0 radical (unpaired) electrons. The van der Waals surface area contributed by atoms with Crippen LogP contribution in [-0.4, -0.2) is 23.4 Å². The molecular formula is C13H16N6O2. The van der Waals surface area contributed by atoms with Gasteiger partial charge in [0.25, 0.3) is 5.56 Å². The van der Waals surface area contributed by atoms with E-state index < -0.39 is 6.29 Å². The van der Waals surface area contributed by atoms with Crippen LogP contribution in [0.15, 0.2) is 29.1 Å². The van der Waals surface area contributed by atoms with Crippen LogP contribution in [0.4, 0.5) is 17.5 Å². The van der Waals surface area contributed by atoms with Crippen LogP contribution >= 0.6 is 0 Å². The van der Waals surface area contributed by atoms with Gasteiger partial charge in [0.15, 0.2) is 12.1 Å². The Balaban J connectivity index is 1.91. The summed E-state index contributed by atoms with van der Waals surface area (Å²) in [5.41, 5.74) is 12.6. The van der Waals surface area contributed by atoms with Crippen molar-refractivity contribution in [3.8, 4) is 5.75 Å². The molecule has 1 aliphatic heterocycles. The Hall–Kier alpha value is -2.74. The number of H-pyrrole nitrogens is 1. The van der Waals surface area contributed by atoms with Gasteiger partial charge in [-0.05, 0) is 17.7 Å². The van der Waals surface area contributed by atoms with E-state index in [2.05, 4.69) is 15.3 Å². The largest absolute Gasteiger partial charge is 0.497 e. The number of aromatic amines is 1. The number of anilines is 3. The molecule has 21 heavy (non-hydrogen) atoms. The number of nitrogens with one attached hydrogen (secondary N) is 2. The molecule has 1 aromatic heterocycles. The first-order chi connectivity index (χ1) is 10.1. The molecule has 110 valence electrons. The fraction of sp³-hybridized carbons (Fsp3) is 0.231. The van der Waals surface area contributed by atoms with Crippen molar-refractivity contribution in [2.45, 2.75) is 12.8 Å². The first kappa shape index (κ1) is 13.3. The van der Waals surface area contributed by atoms with Gasteiger partial charge in [-0.3, -0.25) is 15.5 Å². The lowest BCUT2D eigenvalue weighted by Crippen LogP contribution is -2.42. The van der Waals surface area contributed by atoms with E-state index in [9.17, 15) is 4.79 Å². The van der Waals surface area contributed by atoms with Crippen LogP contribution in [0.5, 0.6) is 5.75 Å². The standard InChI is InChI=1S/C13H16N6O2/c1-21-8-4-2-7(3-5-8)6-19-10-9(16-13(19)15)11(20)18-12(14)17-10/h2-5,13,16H,6,15H2,1H3,(H3,14,17,18,20). The van der Waals surface area contributed by atoms with Crippen LogP contribution in [0, 0.1) is 0 Å². The molecule has 0 aliphatic carbocycles. The average molecular weight is 288 g/mol. The van der Waals surface area contributed by atoms with Gasteiger partial charge in [-0.2, -0.15) is 4.98 Å². The topological polar surface area (TPSA) is 122 Å². The van der Waals surface area contributed by atoms with Crippen molar-refractivity contribution in [2.24, 2.45) is 5.73 Å². The third-order valence-corrected chi connectivity index (χ3v) is 3.33. The summed E-state index contributed by atoms with van der Waals surface area (Å²) >= 11 is 0. The molecule has 0 amide bonds. The van der Waals surface area contributed by atoms with Crippen molar-refractivity contribution in [3.63, 3.8) is 0 Å². The number of benzene rings is 1. The lowest BCUT2D eigenvalue weighted by atomic mass is 10.2. The summed E-state index contributed by atoms with van der Waals surface area (Å²) in [6.07, 6.45) is -0.530. The first-order valence-corrected chi connectivity index (χ1v) is 6.40. The smallest absolute Gasteiger partial charge is 0.277 e. The Morgan fingerprint density at radius 1 is 1.38 bits per heavy atom. The SMILES string of the molecule is COc1ccc(CN2c3nc(N)[nH]c(=O)c3NC2N)cc1. The Bertz CT molecular complexity index is 712. The summed E-state index contributed by atoms with van der Waals surface area (Å²) in [4.78, 5) is 20.2. The van der Waals surface area contributed by atoms with Crippen LogP contribution in [0.25, 0.3) is 0 Å². The maximum absolute atomic E-state index is 11.8. The number of aromatic nitrogens is 2. The quantitative estimate of drug-likeness (QED) is 0.628. The number of ether oxygens (including phenoxy) is 1. The van der Waals surface area contributed by atoms with Crippen molar-refractivity contribution in [1.29, 1.82) is 0 Å². The predicted molar refractivity (Wildman–Crippen MR) is 80.0 cm³/mol. The van der Waals surface area contributed by atoms with Crippen LogP contribution < -0.4 is 32.0 Å². The highest BCUT2D eigenvalue weighted by Gasteiger charge is 2.30. The van der Waals surface area contributed by atoms with Crippen molar-refractivity contribution in [2.75, 3.05) is 23.1 Å². The third kappa shape index (κ3) is 2.36. The van der Waals surface area contributed by atoms with Gasteiger partial charge in [0.1, 0.15) is 11.4 Å². The number of fused-ring (bicyclic) bond motifs is 1. The van der Waals surface area contributed by atoms with Gasteiger partial charge in [-0.15, -0.1) is 0 Å². The minimum absolute atomic E-state index is 0.0642. The van der Waals surface area contributed by atoms with Crippen LogP contribution in [0.2, 0.25) is 0 Å². The van der Waals surface area contributed by atoms with Crippen molar-refractivity contribution < 1.29 is 4.74 Å². The van der Waals surface area contributed by atoms with E-state index in [1.54, 1.807) is 12.0 Å². The maximum Gasteiger partial charge on any atom is 0.277 e. The summed E-state index contributed by atoms with van der Waals surface area (Å²) in [5, 5.41) is 2.90. The molecule has 1 unspecified atom stereocenters. The summed E-state index contributed by atoms with van der Waals surface area (Å²) < 4.78 is 5.12. The highest BCUT2D eigenvalue weighted by molar-refractivity contribution is 5.71. The van der Waals surface area contributed by atoms with Crippen molar-refractivity contribution >= 4 is 17.5 Å². The molecule has 1 aliphatic rings. The van der Waals surface area contributed by atoms with Crippen LogP contribution in [0.3, 0.4) is 0 Å². The Kier molecular flexibility index (Phi) is 3.15. The molecule has 2 heterocycles. The number of hydrogen-bond donors (Lipinski definition) is 4. The molecule has 8 heteroatoms. The maximum atomic E-state index is 11.8. The van der Waals surface area contributed by atoms with Gasteiger partial charge in [-0.25, -0.2) is 0 Å². The van der Waals surface area contributed by atoms with Gasteiger partial charge in [-0.1, -0.05) is 12.1 Å². The molecule has 0 fully saturated rings. The van der Waals surface area contributed by atoms with Gasteiger partial charge < -0.3 is 20.7 Å². The van der Waals surface area contributed by atoms with Gasteiger partial charge >= 0.3 is 0 Å². The average Bonchev–Trinajstić information content (AvgIpc) is 2.77. The fourth-order valence-electron chi connectivity index (χ4n) is 2.27. The zero-order valence-corrected chi connectivity index (χ0v) is 11.5. The van der Waals surface area contributed by atoms with E-state index in [0.717, 1.165) is 11.3 Å². The summed E-state index contributed by atoms with van der Waals surface area (Å²) in [5.74, 6) is 1.30. The molecular weight excluding hydrogens is 272 g/mol. The van der Waals surface area contributed by atoms with E-state index >= 15 is 0 Å². The lowest BCUT2D eigenvalue weighted by Gasteiger charge is -2.22. The van der Waals surface area contributed by atoms with E-state index in [4.69, 9.17) is 16.2 Å². The predicted octanol–water partition coefficient (Wildman–Crippen LogP) is 0.0351. The Morgan fingerprint density at radius 2 is 2.10 bits per heavy atom. The second-order valence-corrected chi connectivity index (χ2v) is 4.71. The molecule has 0 spiro atoms.